The number of ether oxygens (including phenoxy) is 1. The second-order valence-electron chi connectivity index (χ2n) is 7.15. The van der Waals surface area contributed by atoms with Crippen molar-refractivity contribution in [2.75, 3.05) is 27.2 Å². The molecule has 0 radical (unpaired) electrons. The molecule has 162 valence electrons. The van der Waals surface area contributed by atoms with Crippen LogP contribution < -0.4 is 10.5 Å². The first-order chi connectivity index (χ1) is 14.9. The van der Waals surface area contributed by atoms with Crippen LogP contribution in [0.25, 0.3) is 22.3 Å². The van der Waals surface area contributed by atoms with Gasteiger partial charge in [0.2, 0.25) is 6.41 Å². The molecule has 0 aromatic heterocycles. The standard InChI is InChI=1S/C24H25NO3.CH3NO/c1-17(26)21-11-9-19(18-7-5-4-6-8-18)15-22(21)23-16-20(10-12-24(23)27)28-14-13-25(2)3;2-1-3/h4-12,15-16,27H,13-14H2,1-3H3;1H,(H2,2,3). The van der Waals surface area contributed by atoms with Gasteiger partial charge in [0.05, 0.1) is 0 Å². The zero-order valence-electron chi connectivity index (χ0n) is 18.0. The van der Waals surface area contributed by atoms with E-state index in [2.05, 4.69) is 5.73 Å². The van der Waals surface area contributed by atoms with Gasteiger partial charge in [0.1, 0.15) is 18.1 Å². The zero-order valence-corrected chi connectivity index (χ0v) is 18.0. The summed E-state index contributed by atoms with van der Waals surface area (Å²) < 4.78 is 5.81. The highest BCUT2D eigenvalue weighted by Crippen LogP contribution is 2.37. The summed E-state index contributed by atoms with van der Waals surface area (Å²) in [5.74, 6) is 0.731. The quantitative estimate of drug-likeness (QED) is 0.446. The van der Waals surface area contributed by atoms with E-state index in [0.717, 1.165) is 17.7 Å². The van der Waals surface area contributed by atoms with Gasteiger partial charge in [-0.3, -0.25) is 9.59 Å². The number of carbonyl (C=O) groups is 2. The molecule has 3 N–H and O–H groups in total. The zero-order chi connectivity index (χ0) is 22.8. The third kappa shape index (κ3) is 6.69. The molecule has 3 aromatic rings. The molecule has 0 atom stereocenters. The number of phenolic OH excluding ortho intramolecular Hbond substituents is 1. The maximum atomic E-state index is 12.2. The molecule has 0 bridgehead atoms. The van der Waals surface area contributed by atoms with Crippen LogP contribution in [0.15, 0.2) is 66.7 Å². The van der Waals surface area contributed by atoms with Gasteiger partial charge >= 0.3 is 0 Å². The Morgan fingerprint density at radius 2 is 1.68 bits per heavy atom. The molecule has 0 saturated carbocycles. The van der Waals surface area contributed by atoms with Crippen LogP contribution in [-0.2, 0) is 4.79 Å². The van der Waals surface area contributed by atoms with Crippen LogP contribution in [0.5, 0.6) is 11.5 Å². The maximum Gasteiger partial charge on any atom is 0.204 e. The lowest BCUT2D eigenvalue weighted by molar-refractivity contribution is -0.106. The van der Waals surface area contributed by atoms with Gasteiger partial charge in [0, 0.05) is 17.7 Å². The van der Waals surface area contributed by atoms with E-state index in [0.29, 0.717) is 29.0 Å². The summed E-state index contributed by atoms with van der Waals surface area (Å²) in [4.78, 5) is 22.8. The van der Waals surface area contributed by atoms with Gasteiger partial charge in [0.15, 0.2) is 5.78 Å². The molecule has 0 aliphatic carbocycles. The lowest BCUT2D eigenvalue weighted by Crippen LogP contribution is -2.19. The Morgan fingerprint density at radius 3 is 2.29 bits per heavy atom. The Labute approximate surface area is 182 Å². The normalized spacial score (nSPS) is 10.2. The molecule has 31 heavy (non-hydrogen) atoms. The number of hydrogen-bond donors (Lipinski definition) is 2. The van der Waals surface area contributed by atoms with Crippen LogP contribution in [0, 0.1) is 0 Å². The Bertz CT molecular complexity index is 1020. The average molecular weight is 421 g/mol. The molecule has 3 rings (SSSR count). The van der Waals surface area contributed by atoms with Gasteiger partial charge in [0.25, 0.3) is 0 Å². The summed E-state index contributed by atoms with van der Waals surface area (Å²) >= 11 is 0. The van der Waals surface area contributed by atoms with E-state index in [1.807, 2.05) is 67.5 Å². The fourth-order valence-electron chi connectivity index (χ4n) is 3.05. The fourth-order valence-corrected chi connectivity index (χ4v) is 3.05. The first kappa shape index (κ1) is 23.6. The lowest BCUT2D eigenvalue weighted by atomic mass is 9.92. The van der Waals surface area contributed by atoms with Gasteiger partial charge in [-0.25, -0.2) is 0 Å². The van der Waals surface area contributed by atoms with Gasteiger partial charge in [-0.2, -0.15) is 0 Å². The third-order valence-electron chi connectivity index (χ3n) is 4.57. The van der Waals surface area contributed by atoms with Crippen molar-refractivity contribution in [2.45, 2.75) is 6.92 Å². The highest BCUT2D eigenvalue weighted by molar-refractivity contribution is 6.02. The number of likely N-dealkylation sites (N-methyl/N-ethyl adjacent to an activating group) is 1. The Hall–Kier alpha value is -3.64. The number of carbonyl (C=O) groups excluding carboxylic acids is 2. The highest BCUT2D eigenvalue weighted by atomic mass is 16.5. The number of Topliss-reactive ketones (excluding diaryl/α,β-unsaturated/α-hetero) is 1. The summed E-state index contributed by atoms with van der Waals surface area (Å²) in [6, 6.07) is 20.8. The van der Waals surface area contributed by atoms with Crippen LogP contribution in [0.4, 0.5) is 0 Å². The Kier molecular flexibility index (Phi) is 8.78. The van der Waals surface area contributed by atoms with Crippen molar-refractivity contribution in [2.24, 2.45) is 5.73 Å². The number of amides is 1. The first-order valence-corrected chi connectivity index (χ1v) is 9.84. The van der Waals surface area contributed by atoms with E-state index in [-0.39, 0.29) is 17.9 Å². The summed E-state index contributed by atoms with van der Waals surface area (Å²) in [6.07, 6.45) is 0.250. The van der Waals surface area contributed by atoms with Crippen molar-refractivity contribution in [3.63, 3.8) is 0 Å². The maximum absolute atomic E-state index is 12.2. The average Bonchev–Trinajstić information content (AvgIpc) is 2.75. The summed E-state index contributed by atoms with van der Waals surface area (Å²) in [7, 11) is 3.97. The number of benzene rings is 3. The van der Waals surface area contributed by atoms with E-state index in [9.17, 15) is 9.90 Å². The van der Waals surface area contributed by atoms with E-state index >= 15 is 0 Å². The Balaban J connectivity index is 0.00000107. The minimum atomic E-state index is -0.0482. The third-order valence-corrected chi connectivity index (χ3v) is 4.57. The SMILES string of the molecule is CC(=O)c1ccc(-c2ccccc2)cc1-c1cc(OCCN(C)C)ccc1O.NC=O. The molecular formula is C25H28N2O4. The second kappa shape index (κ2) is 11.5. The number of nitrogens with two attached hydrogens (primary N) is 1. The highest BCUT2D eigenvalue weighted by Gasteiger charge is 2.15. The lowest BCUT2D eigenvalue weighted by Gasteiger charge is -2.15. The van der Waals surface area contributed by atoms with Crippen LogP contribution in [-0.4, -0.2) is 49.4 Å². The molecular weight excluding hydrogens is 392 g/mol. The summed E-state index contributed by atoms with van der Waals surface area (Å²) in [6.45, 7) is 2.87. The summed E-state index contributed by atoms with van der Waals surface area (Å²) in [5.41, 5.74) is 8.06. The van der Waals surface area contributed by atoms with Crippen molar-refractivity contribution in [1.82, 2.24) is 4.90 Å². The van der Waals surface area contributed by atoms with E-state index in [1.54, 1.807) is 18.2 Å². The number of nitrogens with zero attached hydrogens (tertiary/aromatic N) is 1. The van der Waals surface area contributed by atoms with Crippen molar-refractivity contribution in [3.05, 3.63) is 72.3 Å². The minimum Gasteiger partial charge on any atom is -0.507 e. The van der Waals surface area contributed by atoms with Gasteiger partial charge < -0.3 is 20.5 Å². The van der Waals surface area contributed by atoms with Gasteiger partial charge in [-0.05, 0) is 62.0 Å². The molecule has 0 spiro atoms. The topological polar surface area (TPSA) is 92.9 Å². The predicted molar refractivity (Wildman–Crippen MR) is 123 cm³/mol. The Morgan fingerprint density at radius 1 is 1.00 bits per heavy atom. The minimum absolute atomic E-state index is 0.0482. The number of rotatable bonds is 7. The van der Waals surface area contributed by atoms with Crippen LogP contribution in [0.1, 0.15) is 17.3 Å². The number of ketones is 1. The fraction of sp³-hybridized carbons (Fsp3) is 0.200. The monoisotopic (exact) mass is 420 g/mol. The van der Waals surface area contributed by atoms with Crippen molar-refractivity contribution >= 4 is 12.2 Å². The van der Waals surface area contributed by atoms with Crippen LogP contribution in [0.2, 0.25) is 0 Å². The molecule has 0 aliphatic rings. The van der Waals surface area contributed by atoms with E-state index < -0.39 is 0 Å². The van der Waals surface area contributed by atoms with Crippen molar-refractivity contribution in [3.8, 4) is 33.8 Å². The predicted octanol–water partition coefficient (Wildman–Crippen LogP) is 3.97. The van der Waals surface area contributed by atoms with Gasteiger partial charge in [-0.15, -0.1) is 0 Å². The van der Waals surface area contributed by atoms with E-state index in [1.165, 1.54) is 6.92 Å². The molecule has 6 heteroatoms. The summed E-state index contributed by atoms with van der Waals surface area (Å²) in [5, 5.41) is 10.5. The van der Waals surface area contributed by atoms with E-state index in [4.69, 9.17) is 9.53 Å². The number of hydrogen-bond acceptors (Lipinski definition) is 5. The van der Waals surface area contributed by atoms with Gasteiger partial charge in [-0.1, -0.05) is 42.5 Å². The number of primary amides is 1. The largest absolute Gasteiger partial charge is 0.507 e. The van der Waals surface area contributed by atoms with Crippen LogP contribution in [0.3, 0.4) is 0 Å². The molecule has 0 fully saturated rings. The van der Waals surface area contributed by atoms with Crippen LogP contribution >= 0.6 is 0 Å². The number of aromatic hydroxyl groups is 1. The molecule has 3 aromatic carbocycles. The van der Waals surface area contributed by atoms with Crippen molar-refractivity contribution < 1.29 is 19.4 Å². The molecule has 1 amide bonds. The molecule has 0 aliphatic heterocycles. The smallest absolute Gasteiger partial charge is 0.204 e. The molecule has 0 unspecified atom stereocenters. The molecule has 0 heterocycles. The first-order valence-electron chi connectivity index (χ1n) is 9.84. The molecule has 6 nitrogen and oxygen atoms in total. The number of phenols is 1. The molecule has 0 saturated heterocycles. The van der Waals surface area contributed by atoms with Crippen molar-refractivity contribution in [1.29, 1.82) is 0 Å². The second-order valence-corrected chi connectivity index (χ2v) is 7.15.